The van der Waals surface area contributed by atoms with Gasteiger partial charge in [-0.2, -0.15) is 10.3 Å². The van der Waals surface area contributed by atoms with Gasteiger partial charge in [0.2, 0.25) is 0 Å². The molecule has 10 heteroatoms. The van der Waals surface area contributed by atoms with Gasteiger partial charge in [-0.05, 0) is 61.0 Å². The number of rotatable bonds is 9. The maximum absolute atomic E-state index is 12.3. The molecule has 0 spiro atoms. The van der Waals surface area contributed by atoms with Gasteiger partial charge in [0.1, 0.15) is 5.69 Å². The van der Waals surface area contributed by atoms with Crippen LogP contribution in [0.1, 0.15) is 29.9 Å². The van der Waals surface area contributed by atoms with E-state index >= 15 is 0 Å². The highest BCUT2D eigenvalue weighted by atomic mass is 79.9. The Morgan fingerprint density at radius 2 is 1.81 bits per heavy atom. The van der Waals surface area contributed by atoms with Crippen molar-refractivity contribution in [1.82, 2.24) is 15.4 Å². The molecular formula is C22H23BrN4O5. The van der Waals surface area contributed by atoms with Gasteiger partial charge in [0.25, 0.3) is 5.91 Å². The summed E-state index contributed by atoms with van der Waals surface area (Å²) >= 11 is 3.46. The van der Waals surface area contributed by atoms with Crippen LogP contribution in [0.2, 0.25) is 0 Å². The zero-order chi connectivity index (χ0) is 23.1. The number of nitrogens with zero attached hydrogens (tertiary/aromatic N) is 2. The van der Waals surface area contributed by atoms with E-state index in [1.807, 2.05) is 38.1 Å². The Morgan fingerprint density at radius 1 is 1.06 bits per heavy atom. The second-order valence-corrected chi connectivity index (χ2v) is 7.52. The van der Waals surface area contributed by atoms with Crippen LogP contribution in [0, 0.1) is 6.92 Å². The Labute approximate surface area is 193 Å². The summed E-state index contributed by atoms with van der Waals surface area (Å²) < 4.78 is 17.0. The van der Waals surface area contributed by atoms with Crippen molar-refractivity contribution < 1.29 is 23.8 Å². The average Bonchev–Trinajstić information content (AvgIpc) is 3.25. The summed E-state index contributed by atoms with van der Waals surface area (Å²) in [5.74, 6) is -0.152. The molecule has 0 fully saturated rings. The number of aryl methyl sites for hydroxylation is 1. The molecule has 0 aliphatic carbocycles. The molecule has 168 valence electrons. The lowest BCUT2D eigenvalue weighted by Crippen LogP contribution is -2.20. The van der Waals surface area contributed by atoms with Gasteiger partial charge in [0.05, 0.1) is 17.7 Å². The van der Waals surface area contributed by atoms with Gasteiger partial charge in [0.15, 0.2) is 23.8 Å². The van der Waals surface area contributed by atoms with E-state index in [1.165, 1.54) is 0 Å². The van der Waals surface area contributed by atoms with Crippen molar-refractivity contribution in [2.45, 2.75) is 20.8 Å². The second-order valence-electron chi connectivity index (χ2n) is 6.66. The molecule has 1 aromatic heterocycles. The number of nitrogens with one attached hydrogen (secondary N) is 2. The van der Waals surface area contributed by atoms with Crippen molar-refractivity contribution in [1.29, 1.82) is 0 Å². The predicted molar refractivity (Wildman–Crippen MR) is 122 cm³/mol. The van der Waals surface area contributed by atoms with Crippen molar-refractivity contribution in [3.8, 4) is 22.8 Å². The molecule has 0 radical (unpaired) electrons. The topological polar surface area (TPSA) is 115 Å². The van der Waals surface area contributed by atoms with Gasteiger partial charge in [-0.1, -0.05) is 17.7 Å². The Morgan fingerprint density at radius 3 is 2.50 bits per heavy atom. The fraction of sp³-hybridized carbons (Fsp3) is 0.273. The highest BCUT2D eigenvalue weighted by Crippen LogP contribution is 2.40. The van der Waals surface area contributed by atoms with Crippen LogP contribution in [0.3, 0.4) is 0 Å². The number of carbonyl (C=O) groups is 2. The van der Waals surface area contributed by atoms with E-state index in [0.717, 1.165) is 5.56 Å². The molecule has 32 heavy (non-hydrogen) atoms. The molecule has 1 heterocycles. The van der Waals surface area contributed by atoms with E-state index in [4.69, 9.17) is 14.2 Å². The molecule has 0 saturated heterocycles. The highest BCUT2D eigenvalue weighted by molar-refractivity contribution is 9.10. The average molecular weight is 503 g/mol. The minimum atomic E-state index is -0.585. The number of esters is 1. The largest absolute Gasteiger partial charge is 0.490 e. The molecule has 2 aromatic carbocycles. The number of aromatic amines is 1. The molecule has 1 amide bonds. The van der Waals surface area contributed by atoms with Crippen molar-refractivity contribution in [2.75, 3.05) is 25.1 Å². The highest BCUT2D eigenvalue weighted by Gasteiger charge is 2.22. The number of anilines is 1. The van der Waals surface area contributed by atoms with Crippen molar-refractivity contribution in [2.24, 2.45) is 0 Å². The summed E-state index contributed by atoms with van der Waals surface area (Å²) in [4.78, 5) is 24.5. The number of benzene rings is 2. The molecule has 9 nitrogen and oxygen atoms in total. The molecular weight excluding hydrogens is 480 g/mol. The van der Waals surface area contributed by atoms with E-state index < -0.39 is 5.97 Å². The normalized spacial score (nSPS) is 10.5. The van der Waals surface area contributed by atoms with E-state index in [0.29, 0.717) is 39.5 Å². The zero-order valence-corrected chi connectivity index (χ0v) is 19.5. The lowest BCUT2D eigenvalue weighted by molar-refractivity contribution is -0.118. The first-order valence-corrected chi connectivity index (χ1v) is 10.8. The Bertz CT molecular complexity index is 1100. The third-order valence-corrected chi connectivity index (χ3v) is 4.87. The van der Waals surface area contributed by atoms with Gasteiger partial charge >= 0.3 is 5.97 Å². The SMILES string of the molecule is CCOC(=O)c1n[nH]nc1-c1cc(Br)c(OCC(=O)Nc2ccc(C)cc2)c(OCC)c1. The summed E-state index contributed by atoms with van der Waals surface area (Å²) in [5, 5.41) is 13.2. The van der Waals surface area contributed by atoms with Gasteiger partial charge in [0, 0.05) is 11.3 Å². The lowest BCUT2D eigenvalue weighted by atomic mass is 10.1. The van der Waals surface area contributed by atoms with Crippen LogP contribution in [0.25, 0.3) is 11.3 Å². The molecule has 3 rings (SSSR count). The van der Waals surface area contributed by atoms with Crippen LogP contribution < -0.4 is 14.8 Å². The van der Waals surface area contributed by atoms with Crippen LogP contribution in [0.5, 0.6) is 11.5 Å². The molecule has 0 aliphatic heterocycles. The van der Waals surface area contributed by atoms with E-state index in [1.54, 1.807) is 19.1 Å². The molecule has 3 aromatic rings. The van der Waals surface area contributed by atoms with Gasteiger partial charge in [-0.25, -0.2) is 4.79 Å². The third kappa shape index (κ3) is 5.64. The fourth-order valence-electron chi connectivity index (χ4n) is 2.85. The number of ether oxygens (including phenoxy) is 3. The number of H-pyrrole nitrogens is 1. The van der Waals surface area contributed by atoms with Gasteiger partial charge in [-0.15, -0.1) is 5.10 Å². The van der Waals surface area contributed by atoms with Crippen molar-refractivity contribution in [3.63, 3.8) is 0 Å². The molecule has 0 bridgehead atoms. The number of hydrogen-bond donors (Lipinski definition) is 2. The van der Waals surface area contributed by atoms with Gasteiger partial charge < -0.3 is 19.5 Å². The maximum Gasteiger partial charge on any atom is 0.361 e. The predicted octanol–water partition coefficient (Wildman–Crippen LogP) is 4.14. The first-order valence-electron chi connectivity index (χ1n) is 9.96. The number of carbonyl (C=O) groups excluding carboxylic acids is 2. The van der Waals surface area contributed by atoms with Crippen molar-refractivity contribution >= 4 is 33.5 Å². The van der Waals surface area contributed by atoms with Crippen LogP contribution in [0.15, 0.2) is 40.9 Å². The summed E-state index contributed by atoms with van der Waals surface area (Å²) in [6.07, 6.45) is 0. The number of hydrogen-bond acceptors (Lipinski definition) is 7. The fourth-order valence-corrected chi connectivity index (χ4v) is 3.41. The Balaban J connectivity index is 1.80. The minimum absolute atomic E-state index is 0.0624. The number of amides is 1. The van der Waals surface area contributed by atoms with E-state index in [9.17, 15) is 9.59 Å². The monoisotopic (exact) mass is 502 g/mol. The quantitative estimate of drug-likeness (QED) is 0.422. The van der Waals surface area contributed by atoms with E-state index in [2.05, 4.69) is 36.7 Å². The molecule has 0 atom stereocenters. The smallest absolute Gasteiger partial charge is 0.361 e. The first kappa shape index (κ1) is 23.3. The molecule has 0 unspecified atom stereocenters. The summed E-state index contributed by atoms with van der Waals surface area (Å²) in [5.41, 5.74) is 2.72. The summed E-state index contributed by atoms with van der Waals surface area (Å²) in [6, 6.07) is 10.8. The summed E-state index contributed by atoms with van der Waals surface area (Å²) in [7, 11) is 0. The third-order valence-electron chi connectivity index (χ3n) is 4.28. The van der Waals surface area contributed by atoms with E-state index in [-0.39, 0.29) is 24.8 Å². The standard InChI is InChI=1S/C22H23BrN4O5/c1-4-30-17-11-14(19-20(26-27-25-19)22(29)31-5-2)10-16(23)21(17)32-12-18(28)24-15-8-6-13(3)7-9-15/h6-11H,4-5,12H2,1-3H3,(H,24,28)(H,25,26,27). The summed E-state index contributed by atoms with van der Waals surface area (Å²) in [6.45, 7) is 5.88. The number of aromatic nitrogens is 3. The Hall–Kier alpha value is -3.40. The van der Waals surface area contributed by atoms with Crippen molar-refractivity contribution in [3.05, 3.63) is 52.1 Å². The van der Waals surface area contributed by atoms with Crippen LogP contribution >= 0.6 is 15.9 Å². The minimum Gasteiger partial charge on any atom is -0.490 e. The van der Waals surface area contributed by atoms with Gasteiger partial charge in [-0.3, -0.25) is 4.79 Å². The van der Waals surface area contributed by atoms with Crippen LogP contribution in [-0.2, 0) is 9.53 Å². The maximum atomic E-state index is 12.3. The molecule has 2 N–H and O–H groups in total. The Kier molecular flexibility index (Phi) is 7.82. The van der Waals surface area contributed by atoms with Crippen LogP contribution in [0.4, 0.5) is 5.69 Å². The number of halogens is 1. The second kappa shape index (κ2) is 10.8. The molecule has 0 aliphatic rings. The zero-order valence-electron chi connectivity index (χ0n) is 17.9. The lowest BCUT2D eigenvalue weighted by Gasteiger charge is -2.15. The van der Waals surface area contributed by atoms with Crippen LogP contribution in [-0.4, -0.2) is 47.1 Å². The molecule has 0 saturated carbocycles. The first-order chi connectivity index (χ1) is 15.4.